The third kappa shape index (κ3) is 15.1. The molecule has 0 saturated heterocycles. The topological polar surface area (TPSA) is 13.0 Å². The van der Waals surface area contributed by atoms with Crippen LogP contribution in [-0.4, -0.2) is 62.6 Å². The second-order valence-corrected chi connectivity index (χ2v) is 37.1. The first-order chi connectivity index (χ1) is 39.0. The number of rotatable bonds is 15. The monoisotopic (exact) mass is 1250 g/mol. The van der Waals surface area contributed by atoms with Crippen LogP contribution in [0.3, 0.4) is 0 Å². The summed E-state index contributed by atoms with van der Waals surface area (Å²) in [4.78, 5) is 16.6. The summed E-state index contributed by atoms with van der Waals surface area (Å²) in [7, 11) is -2.45. The van der Waals surface area contributed by atoms with Gasteiger partial charge in [-0.1, -0.05) is 185 Å². The molecular weight excluding hydrogens is 1180 g/mol. The summed E-state index contributed by atoms with van der Waals surface area (Å²) in [6, 6.07) is 48.2. The third-order valence-electron chi connectivity index (χ3n) is 16.7. The van der Waals surface area contributed by atoms with Gasteiger partial charge in [0.15, 0.2) is 0 Å². The second kappa shape index (κ2) is 29.8. The molecule has 14 heteroatoms. The number of halogens is 4. The first-order valence-electron chi connectivity index (χ1n) is 29.3. The van der Waals surface area contributed by atoms with Gasteiger partial charge in [0.25, 0.3) is 0 Å². The lowest BCUT2D eigenvalue weighted by Crippen LogP contribution is -2.54. The van der Waals surface area contributed by atoms with Crippen LogP contribution in [0.5, 0.6) is 0 Å². The fourth-order valence-corrected chi connectivity index (χ4v) is 28.2. The van der Waals surface area contributed by atoms with Crippen molar-refractivity contribution in [1.82, 2.24) is 19.6 Å². The molecule has 0 radical (unpaired) electrons. The van der Waals surface area contributed by atoms with Gasteiger partial charge in [-0.3, -0.25) is 19.6 Å². The standard InChI is InChI=1S/C32H36Cl2N2S2Si.C18H24ClNSSi.C14H14ClNS.C2H6/c1-3-39(4-2,31-17-25-21-35(15-13-29(25)37-31)19-23-9-5-7-11-27(23)33)32-18-26-22-36(16-14-30(26)38-32)20-24-10-6-8-12-28(24)34;1-3-22(4-2)18-11-15-13-20(10-9-17(15)21-18)12-14-7-5-6-8-16(14)19;15-13-4-2-1-3-11(13)9-16-7-5-14-12(10-16)6-8-17-14;1-2/h5-12,17-18H,3-4,13-16,19-22H2,1-2H3;5-8,11,22H,3-4,9-10,12-13H2,1-2H3;1-4,6,8H,5,7,9-10H2;1-2H3. The molecule has 0 spiro atoms. The zero-order valence-electron chi connectivity index (χ0n) is 47.8. The minimum Gasteiger partial charge on any atom is -0.294 e. The summed E-state index contributed by atoms with van der Waals surface area (Å²) < 4.78 is 5.13. The Morgan fingerprint density at radius 3 is 1.12 bits per heavy atom. The van der Waals surface area contributed by atoms with Crippen molar-refractivity contribution in [2.45, 2.75) is 144 Å². The van der Waals surface area contributed by atoms with E-state index in [9.17, 15) is 0 Å². The van der Waals surface area contributed by atoms with Crippen molar-refractivity contribution >= 4 is 122 Å². The summed E-state index contributed by atoms with van der Waals surface area (Å²) in [5.41, 5.74) is 11.1. The molecule has 424 valence electrons. The van der Waals surface area contributed by atoms with Crippen LogP contribution in [-0.2, 0) is 78.0 Å². The van der Waals surface area contributed by atoms with E-state index in [4.69, 9.17) is 46.4 Å². The van der Waals surface area contributed by atoms with E-state index in [0.29, 0.717) is 0 Å². The Labute approximate surface area is 517 Å². The Kier molecular flexibility index (Phi) is 22.9. The third-order valence-corrected chi connectivity index (χ3v) is 34.2. The maximum Gasteiger partial charge on any atom is 0.142 e. The predicted octanol–water partition coefficient (Wildman–Crippen LogP) is 17.3. The summed E-state index contributed by atoms with van der Waals surface area (Å²) in [5.74, 6) is 0. The van der Waals surface area contributed by atoms with E-state index in [1.54, 1.807) is 49.7 Å². The average molecular weight is 1260 g/mol. The quantitative estimate of drug-likeness (QED) is 0.0949. The van der Waals surface area contributed by atoms with Crippen molar-refractivity contribution in [3.05, 3.63) is 211 Å². The van der Waals surface area contributed by atoms with Gasteiger partial charge in [-0.05, 0) is 138 Å². The second-order valence-electron chi connectivity index (χ2n) is 21.6. The normalized spacial score (nSPS) is 15.6. The highest BCUT2D eigenvalue weighted by molar-refractivity contribution is 7.37. The molecule has 4 aromatic heterocycles. The molecule has 8 heterocycles. The zero-order valence-corrected chi connectivity index (χ0v) is 56.2. The Bertz CT molecular complexity index is 3140. The summed E-state index contributed by atoms with van der Waals surface area (Å²) in [5, 5.41) is 5.73. The molecule has 80 heavy (non-hydrogen) atoms. The highest BCUT2D eigenvalue weighted by atomic mass is 35.5. The molecular formula is C66H80Cl4N4S4Si2. The predicted molar refractivity (Wildman–Crippen MR) is 359 cm³/mol. The molecule has 0 aliphatic carbocycles. The van der Waals surface area contributed by atoms with Gasteiger partial charge in [-0.2, -0.15) is 11.3 Å². The first-order valence-corrected chi connectivity index (χ1v) is 38.7. The van der Waals surface area contributed by atoms with Gasteiger partial charge in [0.2, 0.25) is 0 Å². The van der Waals surface area contributed by atoms with Gasteiger partial charge >= 0.3 is 0 Å². The van der Waals surface area contributed by atoms with Crippen molar-refractivity contribution in [3.63, 3.8) is 0 Å². The minimum atomic E-state index is -1.78. The van der Waals surface area contributed by atoms with Gasteiger partial charge in [0, 0.05) is 118 Å². The number of thiophene rings is 4. The van der Waals surface area contributed by atoms with Crippen LogP contribution in [0.25, 0.3) is 0 Å². The van der Waals surface area contributed by atoms with Crippen LogP contribution in [0.15, 0.2) is 127 Å². The van der Waals surface area contributed by atoms with E-state index in [2.05, 4.69) is 159 Å². The van der Waals surface area contributed by atoms with E-state index in [1.807, 2.05) is 73.7 Å². The smallest absolute Gasteiger partial charge is 0.142 e. The Morgan fingerprint density at radius 1 is 0.425 bits per heavy atom. The molecule has 0 saturated carbocycles. The summed E-state index contributed by atoms with van der Waals surface area (Å²) in [6.07, 6.45) is 4.69. The average Bonchev–Trinajstić information content (AvgIpc) is 4.42. The van der Waals surface area contributed by atoms with Crippen molar-refractivity contribution in [2.75, 3.05) is 26.2 Å². The molecule has 0 bridgehead atoms. The van der Waals surface area contributed by atoms with E-state index in [0.717, 1.165) is 111 Å². The number of hydrogen-bond donors (Lipinski definition) is 0. The van der Waals surface area contributed by atoms with Crippen molar-refractivity contribution < 1.29 is 0 Å². The van der Waals surface area contributed by atoms with Crippen LogP contribution in [0.1, 0.15) is 106 Å². The van der Waals surface area contributed by atoms with Crippen LogP contribution in [0, 0.1) is 0 Å². The molecule has 0 amide bonds. The van der Waals surface area contributed by atoms with Gasteiger partial charge in [-0.25, -0.2) is 0 Å². The van der Waals surface area contributed by atoms with Crippen molar-refractivity contribution in [1.29, 1.82) is 0 Å². The molecule has 0 atom stereocenters. The molecule has 12 rings (SSSR count). The molecule has 4 aromatic carbocycles. The molecule has 0 unspecified atom stereocenters. The number of fused-ring (bicyclic) bond motifs is 4. The zero-order chi connectivity index (χ0) is 56.2. The van der Waals surface area contributed by atoms with Crippen molar-refractivity contribution in [3.8, 4) is 0 Å². The van der Waals surface area contributed by atoms with Gasteiger partial charge in [-0.15, -0.1) is 34.0 Å². The van der Waals surface area contributed by atoms with Crippen LogP contribution in [0.4, 0.5) is 0 Å². The molecule has 8 aromatic rings. The fourth-order valence-electron chi connectivity index (χ4n) is 11.9. The number of hydrogen-bond acceptors (Lipinski definition) is 8. The van der Waals surface area contributed by atoms with E-state index in [-0.39, 0.29) is 0 Å². The highest BCUT2D eigenvalue weighted by Gasteiger charge is 2.39. The highest BCUT2D eigenvalue weighted by Crippen LogP contribution is 2.34. The Hall–Kier alpha value is -2.89. The lowest BCUT2D eigenvalue weighted by molar-refractivity contribution is 0.247. The SMILES string of the molecule is CC.CC[SiH](CC)c1cc2c(s1)CCN(Cc1ccccc1Cl)C2.CC[Si](CC)(c1cc2c(s1)CCN(Cc1ccccc1Cl)C2)c1cc2c(s1)CCN(Cc1ccccc1Cl)C2.Clc1ccccc1CN1CCc2sccc2C1. The molecule has 0 N–H and O–H groups in total. The largest absolute Gasteiger partial charge is 0.294 e. The van der Waals surface area contributed by atoms with Crippen molar-refractivity contribution in [2.24, 2.45) is 0 Å². The Morgan fingerprint density at radius 2 is 0.762 bits per heavy atom. The lowest BCUT2D eigenvalue weighted by atomic mass is 10.1. The van der Waals surface area contributed by atoms with E-state index in [1.165, 1.54) is 64.8 Å². The maximum absolute atomic E-state index is 6.49. The summed E-state index contributed by atoms with van der Waals surface area (Å²) in [6.45, 7) is 26.1. The number of benzene rings is 4. The van der Waals surface area contributed by atoms with Gasteiger partial charge in [0.05, 0.1) is 8.80 Å². The van der Waals surface area contributed by atoms with E-state index < -0.39 is 16.9 Å². The lowest BCUT2D eigenvalue weighted by Gasteiger charge is -2.27. The summed E-state index contributed by atoms with van der Waals surface area (Å²) >= 11 is 33.8. The van der Waals surface area contributed by atoms with Gasteiger partial charge in [0.1, 0.15) is 8.07 Å². The first kappa shape index (κ1) is 61.7. The number of nitrogens with zero attached hydrogens (tertiary/aromatic N) is 4. The molecule has 4 aliphatic heterocycles. The molecule has 4 nitrogen and oxygen atoms in total. The van der Waals surface area contributed by atoms with Gasteiger partial charge < -0.3 is 0 Å². The van der Waals surface area contributed by atoms with E-state index >= 15 is 0 Å². The maximum atomic E-state index is 6.49. The minimum absolute atomic E-state index is 0.676. The fraction of sp³-hybridized carbons (Fsp3) is 0.394. The van der Waals surface area contributed by atoms with Crippen LogP contribution < -0.4 is 13.5 Å². The Balaban J connectivity index is 0.000000159. The van der Waals surface area contributed by atoms with Crippen LogP contribution >= 0.6 is 91.8 Å². The van der Waals surface area contributed by atoms with Crippen LogP contribution in [0.2, 0.25) is 44.3 Å². The molecule has 0 fully saturated rings. The molecule has 4 aliphatic rings.